The van der Waals surface area contributed by atoms with Crippen molar-refractivity contribution in [1.29, 1.82) is 0 Å². The third-order valence-electron chi connectivity index (χ3n) is 4.66. The summed E-state index contributed by atoms with van der Waals surface area (Å²) in [4.78, 5) is 51.4. The normalized spacial score (nSPS) is 11.8. The number of nitrogens with one attached hydrogen (secondary N) is 3. The van der Waals surface area contributed by atoms with E-state index in [-0.39, 0.29) is 31.0 Å². The molecular formula is C21H28FN5O5. The van der Waals surface area contributed by atoms with Gasteiger partial charge in [-0.3, -0.25) is 29.6 Å². The van der Waals surface area contributed by atoms with Crippen LogP contribution in [0.25, 0.3) is 10.9 Å². The predicted octanol–water partition coefficient (Wildman–Crippen LogP) is 1.03. The Balaban J connectivity index is 2.19. The number of carbonyl (C=O) groups is 4. The molecule has 2 aromatic rings. The zero-order valence-corrected chi connectivity index (χ0v) is 18.2. The Kier molecular flexibility index (Phi) is 8.56. The van der Waals surface area contributed by atoms with Crippen LogP contribution in [0.15, 0.2) is 24.3 Å². The molecule has 0 aliphatic rings. The summed E-state index contributed by atoms with van der Waals surface area (Å²) in [6.07, 6.45) is -0.00127. The SMILES string of the molecule is COc1cccc2[nH]c(C(=O)N[C@@H](CC(C)C)C(=O)NN(CCC(N)=O)C(=O)CF)cc12. The predicted molar refractivity (Wildman–Crippen MR) is 115 cm³/mol. The van der Waals surface area contributed by atoms with E-state index in [0.29, 0.717) is 21.7 Å². The summed E-state index contributed by atoms with van der Waals surface area (Å²) in [5.41, 5.74) is 8.26. The Morgan fingerprint density at radius 1 is 1.25 bits per heavy atom. The number of methoxy groups -OCH3 is 1. The maximum Gasteiger partial charge on any atom is 0.272 e. The number of benzene rings is 1. The number of rotatable bonds is 10. The smallest absolute Gasteiger partial charge is 0.272 e. The van der Waals surface area contributed by atoms with Crippen molar-refractivity contribution in [3.05, 3.63) is 30.0 Å². The van der Waals surface area contributed by atoms with Crippen molar-refractivity contribution in [3.8, 4) is 5.75 Å². The molecule has 0 saturated heterocycles. The Morgan fingerprint density at radius 2 is 1.97 bits per heavy atom. The molecule has 2 rings (SSSR count). The van der Waals surface area contributed by atoms with Crippen LogP contribution in [-0.4, -0.2) is 60.0 Å². The number of primary amides is 1. The number of hydrogen-bond acceptors (Lipinski definition) is 5. The fraction of sp³-hybridized carbons (Fsp3) is 0.429. The highest BCUT2D eigenvalue weighted by atomic mass is 19.1. The van der Waals surface area contributed by atoms with E-state index in [1.54, 1.807) is 24.3 Å². The van der Waals surface area contributed by atoms with Crippen molar-refractivity contribution in [1.82, 2.24) is 20.7 Å². The highest BCUT2D eigenvalue weighted by Crippen LogP contribution is 2.26. The number of aromatic amines is 1. The van der Waals surface area contributed by atoms with Gasteiger partial charge < -0.3 is 20.8 Å². The molecule has 5 N–H and O–H groups in total. The van der Waals surface area contributed by atoms with Crippen LogP contribution in [0.1, 0.15) is 37.2 Å². The molecule has 32 heavy (non-hydrogen) atoms. The summed E-state index contributed by atoms with van der Waals surface area (Å²) < 4.78 is 18.2. The highest BCUT2D eigenvalue weighted by Gasteiger charge is 2.26. The Morgan fingerprint density at radius 3 is 2.56 bits per heavy atom. The number of nitrogens with zero attached hydrogens (tertiary/aromatic N) is 1. The fourth-order valence-corrected chi connectivity index (χ4v) is 3.11. The second-order valence-corrected chi connectivity index (χ2v) is 7.63. The minimum atomic E-state index is -1.36. The summed E-state index contributed by atoms with van der Waals surface area (Å²) in [5, 5.41) is 4.04. The van der Waals surface area contributed by atoms with Gasteiger partial charge in [0.15, 0.2) is 6.67 Å². The summed E-state index contributed by atoms with van der Waals surface area (Å²) >= 11 is 0. The lowest BCUT2D eigenvalue weighted by Gasteiger charge is -2.26. The second kappa shape index (κ2) is 11.1. The van der Waals surface area contributed by atoms with Crippen molar-refractivity contribution in [2.24, 2.45) is 11.7 Å². The molecule has 0 spiro atoms. The largest absolute Gasteiger partial charge is 0.496 e. The van der Waals surface area contributed by atoms with E-state index in [2.05, 4.69) is 15.7 Å². The van der Waals surface area contributed by atoms with Gasteiger partial charge in [-0.05, 0) is 30.5 Å². The third-order valence-corrected chi connectivity index (χ3v) is 4.66. The topological polar surface area (TPSA) is 147 Å². The maximum atomic E-state index is 12.9. The molecule has 1 heterocycles. The number of H-pyrrole nitrogens is 1. The van der Waals surface area contributed by atoms with Crippen molar-refractivity contribution in [2.75, 3.05) is 20.3 Å². The van der Waals surface area contributed by atoms with Gasteiger partial charge in [-0.2, -0.15) is 0 Å². The number of hydrogen-bond donors (Lipinski definition) is 4. The first-order valence-corrected chi connectivity index (χ1v) is 10.1. The lowest BCUT2D eigenvalue weighted by atomic mass is 10.0. The van der Waals surface area contributed by atoms with Crippen LogP contribution < -0.4 is 21.2 Å². The van der Waals surface area contributed by atoms with E-state index in [1.165, 1.54) is 7.11 Å². The van der Waals surface area contributed by atoms with Crippen molar-refractivity contribution in [3.63, 3.8) is 0 Å². The van der Waals surface area contributed by atoms with Crippen LogP contribution in [0.4, 0.5) is 4.39 Å². The maximum absolute atomic E-state index is 12.9. The number of hydrazine groups is 1. The third kappa shape index (κ3) is 6.43. The average molecular weight is 449 g/mol. The molecule has 10 nitrogen and oxygen atoms in total. The molecule has 1 atom stereocenters. The summed E-state index contributed by atoms with van der Waals surface area (Å²) in [5.74, 6) is -2.39. The van der Waals surface area contributed by atoms with E-state index in [1.807, 2.05) is 13.8 Å². The first-order chi connectivity index (χ1) is 15.2. The minimum absolute atomic E-state index is 0.0183. The minimum Gasteiger partial charge on any atom is -0.496 e. The number of amides is 4. The molecule has 0 radical (unpaired) electrons. The molecule has 174 valence electrons. The Hall–Kier alpha value is -3.63. The molecule has 1 aromatic heterocycles. The molecule has 4 amide bonds. The standard InChI is InChI=1S/C21H28FN5O5/c1-12(2)9-15(21(31)26-27(19(29)11-22)8-7-18(23)28)25-20(30)16-10-13-14(24-16)5-4-6-17(13)32-3/h4-6,10,12,15,24H,7-9,11H2,1-3H3,(H2,23,28)(H,25,30)(H,26,31)/t15-/m0/s1. The van der Waals surface area contributed by atoms with Crippen LogP contribution in [0.2, 0.25) is 0 Å². The van der Waals surface area contributed by atoms with Crippen LogP contribution in [0, 0.1) is 5.92 Å². The second-order valence-electron chi connectivity index (χ2n) is 7.63. The number of aromatic nitrogens is 1. The van der Waals surface area contributed by atoms with E-state index < -0.39 is 36.3 Å². The highest BCUT2D eigenvalue weighted by molar-refractivity contribution is 6.01. The number of alkyl halides is 1. The lowest BCUT2D eigenvalue weighted by molar-refractivity contribution is -0.143. The number of ether oxygens (including phenoxy) is 1. The lowest BCUT2D eigenvalue weighted by Crippen LogP contribution is -2.55. The van der Waals surface area contributed by atoms with Crippen molar-refractivity contribution < 1.29 is 28.3 Å². The van der Waals surface area contributed by atoms with Crippen LogP contribution in [0.5, 0.6) is 5.75 Å². The van der Waals surface area contributed by atoms with Gasteiger partial charge in [0.1, 0.15) is 17.5 Å². The molecular weight excluding hydrogens is 421 g/mol. The van der Waals surface area contributed by atoms with E-state index >= 15 is 0 Å². The number of carbonyl (C=O) groups excluding carboxylic acids is 4. The quantitative estimate of drug-likeness (QED) is 0.400. The van der Waals surface area contributed by atoms with Crippen LogP contribution in [-0.2, 0) is 14.4 Å². The molecule has 0 fully saturated rings. The monoisotopic (exact) mass is 449 g/mol. The Bertz CT molecular complexity index is 990. The fourth-order valence-electron chi connectivity index (χ4n) is 3.11. The average Bonchev–Trinajstić information content (AvgIpc) is 3.19. The van der Waals surface area contributed by atoms with Gasteiger partial charge in [0, 0.05) is 17.3 Å². The van der Waals surface area contributed by atoms with Crippen LogP contribution in [0.3, 0.4) is 0 Å². The summed E-state index contributed by atoms with van der Waals surface area (Å²) in [6, 6.07) is 5.91. The molecule has 0 aliphatic carbocycles. The van der Waals surface area contributed by atoms with E-state index in [9.17, 15) is 23.6 Å². The van der Waals surface area contributed by atoms with Gasteiger partial charge in [-0.1, -0.05) is 19.9 Å². The van der Waals surface area contributed by atoms with Crippen LogP contribution >= 0.6 is 0 Å². The number of halogens is 1. The Labute approximate surface area is 184 Å². The first-order valence-electron chi connectivity index (χ1n) is 10.1. The zero-order chi connectivity index (χ0) is 23.8. The van der Waals surface area contributed by atoms with Crippen molar-refractivity contribution in [2.45, 2.75) is 32.7 Å². The van der Waals surface area contributed by atoms with E-state index in [4.69, 9.17) is 10.5 Å². The molecule has 0 unspecified atom stereocenters. The van der Waals surface area contributed by atoms with Gasteiger partial charge >= 0.3 is 0 Å². The molecule has 11 heteroatoms. The van der Waals surface area contributed by atoms with Gasteiger partial charge in [0.25, 0.3) is 17.7 Å². The summed E-state index contributed by atoms with van der Waals surface area (Å²) in [7, 11) is 1.52. The van der Waals surface area contributed by atoms with Crippen molar-refractivity contribution >= 4 is 34.5 Å². The van der Waals surface area contributed by atoms with Gasteiger partial charge in [-0.15, -0.1) is 0 Å². The number of fused-ring (bicyclic) bond motifs is 1. The molecule has 0 bridgehead atoms. The summed E-state index contributed by atoms with van der Waals surface area (Å²) in [6.45, 7) is 2.07. The van der Waals surface area contributed by atoms with E-state index in [0.717, 1.165) is 0 Å². The van der Waals surface area contributed by atoms with Gasteiger partial charge in [0.2, 0.25) is 5.91 Å². The van der Waals surface area contributed by atoms with Gasteiger partial charge in [0.05, 0.1) is 13.7 Å². The first kappa shape index (κ1) is 24.6. The van der Waals surface area contributed by atoms with Gasteiger partial charge in [-0.25, -0.2) is 4.39 Å². The molecule has 0 saturated carbocycles. The number of nitrogens with two attached hydrogens (primary N) is 1. The zero-order valence-electron chi connectivity index (χ0n) is 18.2. The molecule has 0 aliphatic heterocycles. The molecule has 1 aromatic carbocycles.